The predicted octanol–water partition coefficient (Wildman–Crippen LogP) is 1.31. The Morgan fingerprint density at radius 2 is 1.88 bits per heavy atom. The maximum absolute atomic E-state index is 12.7. The van der Waals surface area contributed by atoms with E-state index in [1.807, 2.05) is 25.1 Å². The van der Waals surface area contributed by atoms with Crippen LogP contribution >= 0.6 is 0 Å². The topological polar surface area (TPSA) is 91.4 Å². The minimum Gasteiger partial charge on any atom is -0.342 e. The lowest BCUT2D eigenvalue weighted by Crippen LogP contribution is -2.44. The molecule has 1 aromatic heterocycles. The average Bonchev–Trinajstić information content (AvgIpc) is 2.93. The standard InChI is InChI=1S/C19H20N4O3/c1-2-11-23-15-9-4-3-8-14(15)16(19(23)26)22-18(25)17(24)21-12-13-7-5-6-10-20-13/h3-10,16H,2,11-12H2,1H3,(H,21,24)(H,22,25)/t16-/m1/s1. The van der Waals surface area contributed by atoms with Crippen LogP contribution in [0.15, 0.2) is 48.7 Å². The van der Waals surface area contributed by atoms with Crippen molar-refractivity contribution in [3.63, 3.8) is 0 Å². The quantitative estimate of drug-likeness (QED) is 0.794. The van der Waals surface area contributed by atoms with Crippen molar-refractivity contribution in [3.8, 4) is 0 Å². The van der Waals surface area contributed by atoms with E-state index in [4.69, 9.17) is 0 Å². The minimum atomic E-state index is -0.842. The summed E-state index contributed by atoms with van der Waals surface area (Å²) in [5.41, 5.74) is 2.13. The average molecular weight is 352 g/mol. The second kappa shape index (κ2) is 7.77. The van der Waals surface area contributed by atoms with Crippen molar-refractivity contribution in [1.29, 1.82) is 0 Å². The van der Waals surface area contributed by atoms with E-state index in [0.717, 1.165) is 12.1 Å². The molecule has 0 saturated heterocycles. The van der Waals surface area contributed by atoms with Gasteiger partial charge in [-0.3, -0.25) is 19.4 Å². The molecule has 2 heterocycles. The van der Waals surface area contributed by atoms with Crippen LogP contribution < -0.4 is 15.5 Å². The Labute approximate surface area is 151 Å². The van der Waals surface area contributed by atoms with Crippen LogP contribution in [0, 0.1) is 0 Å². The predicted molar refractivity (Wildman–Crippen MR) is 96.1 cm³/mol. The van der Waals surface area contributed by atoms with E-state index in [0.29, 0.717) is 17.8 Å². The molecule has 0 aliphatic carbocycles. The second-order valence-corrected chi connectivity index (χ2v) is 5.96. The molecular formula is C19H20N4O3. The van der Waals surface area contributed by atoms with Gasteiger partial charge in [-0.25, -0.2) is 0 Å². The highest BCUT2D eigenvalue weighted by Crippen LogP contribution is 2.35. The third kappa shape index (κ3) is 3.56. The van der Waals surface area contributed by atoms with Crippen LogP contribution in [-0.2, 0) is 20.9 Å². The number of nitrogens with one attached hydrogen (secondary N) is 2. The van der Waals surface area contributed by atoms with E-state index < -0.39 is 17.9 Å². The number of hydrogen-bond donors (Lipinski definition) is 2. The van der Waals surface area contributed by atoms with Crippen LogP contribution in [-0.4, -0.2) is 29.3 Å². The van der Waals surface area contributed by atoms with Crippen molar-refractivity contribution in [2.45, 2.75) is 25.9 Å². The number of para-hydroxylation sites is 1. The summed E-state index contributed by atoms with van der Waals surface area (Å²) in [4.78, 5) is 42.7. The zero-order valence-electron chi connectivity index (χ0n) is 14.4. The van der Waals surface area contributed by atoms with E-state index in [1.54, 1.807) is 35.4 Å². The first-order chi connectivity index (χ1) is 12.6. The Hall–Kier alpha value is -3.22. The Balaban J connectivity index is 1.67. The van der Waals surface area contributed by atoms with Crippen molar-refractivity contribution < 1.29 is 14.4 Å². The number of carbonyl (C=O) groups excluding carboxylic acids is 3. The van der Waals surface area contributed by atoms with E-state index in [-0.39, 0.29) is 12.5 Å². The lowest BCUT2D eigenvalue weighted by Gasteiger charge is -2.17. The number of fused-ring (bicyclic) bond motifs is 1. The molecule has 1 atom stereocenters. The van der Waals surface area contributed by atoms with E-state index >= 15 is 0 Å². The van der Waals surface area contributed by atoms with Gasteiger partial charge >= 0.3 is 11.8 Å². The fourth-order valence-electron chi connectivity index (χ4n) is 2.93. The zero-order valence-corrected chi connectivity index (χ0v) is 14.4. The van der Waals surface area contributed by atoms with E-state index in [1.165, 1.54) is 0 Å². The third-order valence-corrected chi connectivity index (χ3v) is 4.14. The number of carbonyl (C=O) groups is 3. The van der Waals surface area contributed by atoms with Gasteiger partial charge in [-0.2, -0.15) is 0 Å². The number of amides is 3. The summed E-state index contributed by atoms with van der Waals surface area (Å²) in [5, 5.41) is 5.06. The molecule has 0 unspecified atom stereocenters. The van der Waals surface area contributed by atoms with Crippen molar-refractivity contribution in [2.24, 2.45) is 0 Å². The van der Waals surface area contributed by atoms with Crippen LogP contribution in [0.2, 0.25) is 0 Å². The van der Waals surface area contributed by atoms with E-state index in [2.05, 4.69) is 15.6 Å². The summed E-state index contributed by atoms with van der Waals surface area (Å²) in [6.45, 7) is 2.69. The largest absolute Gasteiger partial charge is 0.342 e. The summed E-state index contributed by atoms with van der Waals surface area (Å²) in [7, 11) is 0. The van der Waals surface area contributed by atoms with Gasteiger partial charge in [0.2, 0.25) is 0 Å². The van der Waals surface area contributed by atoms with Gasteiger partial charge in [-0.1, -0.05) is 31.2 Å². The molecule has 134 valence electrons. The van der Waals surface area contributed by atoms with Gasteiger partial charge in [-0.05, 0) is 24.6 Å². The monoisotopic (exact) mass is 352 g/mol. The molecule has 0 radical (unpaired) electrons. The molecular weight excluding hydrogens is 332 g/mol. The van der Waals surface area contributed by atoms with Crippen molar-refractivity contribution in [1.82, 2.24) is 15.6 Å². The Morgan fingerprint density at radius 1 is 1.12 bits per heavy atom. The molecule has 3 amide bonds. The fraction of sp³-hybridized carbons (Fsp3) is 0.263. The first-order valence-electron chi connectivity index (χ1n) is 8.50. The molecule has 0 bridgehead atoms. The highest BCUT2D eigenvalue weighted by molar-refractivity contribution is 6.35. The lowest BCUT2D eigenvalue weighted by molar-refractivity contribution is -0.140. The third-order valence-electron chi connectivity index (χ3n) is 4.14. The number of aromatic nitrogens is 1. The van der Waals surface area contributed by atoms with Gasteiger partial charge in [0.25, 0.3) is 5.91 Å². The molecule has 1 aliphatic rings. The molecule has 7 heteroatoms. The number of nitrogens with zero attached hydrogens (tertiary/aromatic N) is 2. The van der Waals surface area contributed by atoms with Gasteiger partial charge in [0, 0.05) is 24.0 Å². The first kappa shape index (κ1) is 17.6. The summed E-state index contributed by atoms with van der Waals surface area (Å²) in [6, 6.07) is 11.8. The smallest absolute Gasteiger partial charge is 0.310 e. The van der Waals surface area contributed by atoms with Gasteiger partial charge in [0.05, 0.1) is 12.2 Å². The Morgan fingerprint density at radius 3 is 2.62 bits per heavy atom. The maximum atomic E-state index is 12.7. The second-order valence-electron chi connectivity index (χ2n) is 5.96. The van der Waals surface area contributed by atoms with Crippen molar-refractivity contribution in [2.75, 3.05) is 11.4 Å². The van der Waals surface area contributed by atoms with Crippen LogP contribution in [0.3, 0.4) is 0 Å². The molecule has 0 saturated carbocycles. The summed E-state index contributed by atoms with van der Waals surface area (Å²) >= 11 is 0. The molecule has 2 N–H and O–H groups in total. The lowest BCUT2D eigenvalue weighted by atomic mass is 10.1. The van der Waals surface area contributed by atoms with Crippen molar-refractivity contribution in [3.05, 3.63) is 59.9 Å². The Kier molecular flexibility index (Phi) is 5.26. The highest BCUT2D eigenvalue weighted by Gasteiger charge is 2.38. The number of benzene rings is 1. The number of hydrogen-bond acceptors (Lipinski definition) is 4. The molecule has 7 nitrogen and oxygen atoms in total. The summed E-state index contributed by atoms with van der Waals surface area (Å²) in [6.07, 6.45) is 2.41. The maximum Gasteiger partial charge on any atom is 0.310 e. The van der Waals surface area contributed by atoms with Gasteiger partial charge in [0.15, 0.2) is 0 Å². The van der Waals surface area contributed by atoms with Crippen LogP contribution in [0.1, 0.15) is 30.6 Å². The van der Waals surface area contributed by atoms with Gasteiger partial charge in [-0.15, -0.1) is 0 Å². The molecule has 0 spiro atoms. The van der Waals surface area contributed by atoms with Crippen LogP contribution in [0.25, 0.3) is 0 Å². The van der Waals surface area contributed by atoms with Crippen LogP contribution in [0.5, 0.6) is 0 Å². The zero-order chi connectivity index (χ0) is 18.5. The molecule has 3 rings (SSSR count). The van der Waals surface area contributed by atoms with E-state index in [9.17, 15) is 14.4 Å². The SMILES string of the molecule is CCCN1C(=O)[C@H](NC(=O)C(=O)NCc2ccccn2)c2ccccc21. The minimum absolute atomic E-state index is 0.143. The fourth-order valence-corrected chi connectivity index (χ4v) is 2.93. The number of pyridine rings is 1. The molecule has 2 aromatic rings. The highest BCUT2D eigenvalue weighted by atomic mass is 16.2. The summed E-state index contributed by atoms with van der Waals surface area (Å²) in [5.74, 6) is -1.86. The molecule has 26 heavy (non-hydrogen) atoms. The molecule has 1 aromatic carbocycles. The first-order valence-corrected chi connectivity index (χ1v) is 8.50. The normalized spacial score (nSPS) is 15.5. The number of anilines is 1. The molecule has 1 aliphatic heterocycles. The summed E-state index contributed by atoms with van der Waals surface area (Å²) < 4.78 is 0. The van der Waals surface area contributed by atoms with Gasteiger partial charge in [0.1, 0.15) is 6.04 Å². The van der Waals surface area contributed by atoms with Crippen molar-refractivity contribution >= 4 is 23.4 Å². The number of rotatable bonds is 5. The molecule has 0 fully saturated rings. The Bertz CT molecular complexity index is 823. The van der Waals surface area contributed by atoms with Gasteiger partial charge < -0.3 is 15.5 Å². The van der Waals surface area contributed by atoms with Crippen LogP contribution in [0.4, 0.5) is 5.69 Å².